The summed E-state index contributed by atoms with van der Waals surface area (Å²) < 4.78 is 5.54. The minimum atomic E-state index is -0.653. The molecule has 0 bridgehead atoms. The fourth-order valence-electron chi connectivity index (χ4n) is 1.58. The zero-order valence-corrected chi connectivity index (χ0v) is 10.2. The van der Waals surface area contributed by atoms with Crippen molar-refractivity contribution in [1.82, 2.24) is 0 Å². The predicted octanol–water partition coefficient (Wildman–Crippen LogP) is 1.77. The predicted molar refractivity (Wildman–Crippen MR) is 65.6 cm³/mol. The molecule has 0 spiro atoms. The summed E-state index contributed by atoms with van der Waals surface area (Å²) >= 11 is 0. The highest BCUT2D eigenvalue weighted by atomic mass is 16.5. The molecule has 1 aromatic carbocycles. The Morgan fingerprint density at radius 3 is 2.53 bits per heavy atom. The monoisotopic (exact) mass is 237 g/mol. The number of aliphatic hydroxyl groups excluding tert-OH is 1. The van der Waals surface area contributed by atoms with Gasteiger partial charge in [-0.2, -0.15) is 0 Å². The van der Waals surface area contributed by atoms with Crippen LogP contribution in [0.25, 0.3) is 0 Å². The lowest BCUT2D eigenvalue weighted by Crippen LogP contribution is -2.33. The smallest absolute Gasteiger partial charge is 0.258 e. The molecule has 3 N–H and O–H groups in total. The Hall–Kier alpha value is -1.55. The second-order valence-corrected chi connectivity index (χ2v) is 3.88. The van der Waals surface area contributed by atoms with E-state index in [0.29, 0.717) is 24.2 Å². The Morgan fingerprint density at radius 2 is 2.00 bits per heavy atom. The molecule has 0 fully saturated rings. The number of carbonyl (C=O) groups is 1. The maximum atomic E-state index is 11.1. The third-order valence-corrected chi connectivity index (χ3v) is 2.62. The summed E-state index contributed by atoms with van der Waals surface area (Å²) in [6.07, 6.45) is -0.142. The molecule has 0 aliphatic carbocycles. The standard InChI is InChI=1S/C13H19NO3/c1-3-10(15)9-7-5-6-8-12(9)17-11(4-2)13(14)16/h5-8,10-11,15H,3-4H2,1-2H3,(H2,14,16). The van der Waals surface area contributed by atoms with Crippen LogP contribution in [0.2, 0.25) is 0 Å². The maximum Gasteiger partial charge on any atom is 0.258 e. The lowest BCUT2D eigenvalue weighted by molar-refractivity contribution is -0.124. The molecule has 0 heterocycles. The van der Waals surface area contributed by atoms with Gasteiger partial charge in [-0.25, -0.2) is 0 Å². The number of hydrogen-bond acceptors (Lipinski definition) is 3. The SMILES string of the molecule is CCC(Oc1ccccc1C(O)CC)C(N)=O. The second-order valence-electron chi connectivity index (χ2n) is 3.88. The van der Waals surface area contributed by atoms with Crippen molar-refractivity contribution in [3.05, 3.63) is 29.8 Å². The Labute approximate surface area is 101 Å². The van der Waals surface area contributed by atoms with Gasteiger partial charge in [0, 0.05) is 5.56 Å². The number of aliphatic hydroxyl groups is 1. The normalized spacial score (nSPS) is 14.1. The summed E-state index contributed by atoms with van der Waals surface area (Å²) in [7, 11) is 0. The Morgan fingerprint density at radius 1 is 1.35 bits per heavy atom. The van der Waals surface area contributed by atoms with E-state index in [1.165, 1.54) is 0 Å². The zero-order chi connectivity index (χ0) is 12.8. The van der Waals surface area contributed by atoms with Gasteiger partial charge >= 0.3 is 0 Å². The van der Waals surface area contributed by atoms with Gasteiger partial charge in [0.2, 0.25) is 0 Å². The van der Waals surface area contributed by atoms with Gasteiger partial charge in [0.1, 0.15) is 5.75 Å². The van der Waals surface area contributed by atoms with E-state index in [0.717, 1.165) is 0 Å². The van der Waals surface area contributed by atoms with E-state index in [1.54, 1.807) is 18.2 Å². The van der Waals surface area contributed by atoms with Crippen molar-refractivity contribution in [1.29, 1.82) is 0 Å². The molecule has 0 radical (unpaired) electrons. The molecule has 17 heavy (non-hydrogen) atoms. The van der Waals surface area contributed by atoms with E-state index in [4.69, 9.17) is 10.5 Å². The summed E-state index contributed by atoms with van der Waals surface area (Å²) in [6, 6.07) is 7.15. The van der Waals surface area contributed by atoms with Gasteiger partial charge in [-0.15, -0.1) is 0 Å². The molecule has 2 unspecified atom stereocenters. The van der Waals surface area contributed by atoms with Gasteiger partial charge < -0.3 is 15.6 Å². The van der Waals surface area contributed by atoms with E-state index in [9.17, 15) is 9.90 Å². The fourth-order valence-corrected chi connectivity index (χ4v) is 1.58. The van der Waals surface area contributed by atoms with E-state index in [1.807, 2.05) is 19.9 Å². The number of ether oxygens (including phenoxy) is 1. The van der Waals surface area contributed by atoms with Gasteiger partial charge in [0.15, 0.2) is 6.10 Å². The van der Waals surface area contributed by atoms with Crippen LogP contribution in [-0.4, -0.2) is 17.1 Å². The molecule has 1 amide bonds. The average molecular weight is 237 g/mol. The molecular weight excluding hydrogens is 218 g/mol. The lowest BCUT2D eigenvalue weighted by atomic mass is 10.1. The molecule has 2 atom stereocenters. The first-order chi connectivity index (χ1) is 8.10. The first-order valence-electron chi connectivity index (χ1n) is 5.83. The molecule has 0 aliphatic heterocycles. The van der Waals surface area contributed by atoms with E-state index in [2.05, 4.69) is 0 Å². The van der Waals surface area contributed by atoms with Crippen molar-refractivity contribution in [3.8, 4) is 5.75 Å². The highest BCUT2D eigenvalue weighted by Gasteiger charge is 2.18. The first-order valence-corrected chi connectivity index (χ1v) is 5.83. The first kappa shape index (κ1) is 13.5. The number of primary amides is 1. The van der Waals surface area contributed by atoms with E-state index in [-0.39, 0.29) is 0 Å². The number of rotatable bonds is 6. The third kappa shape index (κ3) is 3.46. The molecule has 4 heteroatoms. The van der Waals surface area contributed by atoms with Crippen LogP contribution in [0.4, 0.5) is 0 Å². The van der Waals surface area contributed by atoms with Crippen LogP contribution in [0.5, 0.6) is 5.75 Å². The van der Waals surface area contributed by atoms with Crippen LogP contribution in [0.3, 0.4) is 0 Å². The van der Waals surface area contributed by atoms with Crippen molar-refractivity contribution >= 4 is 5.91 Å². The molecule has 0 saturated carbocycles. The maximum absolute atomic E-state index is 11.1. The Kier molecular flexibility index (Phi) is 4.97. The molecule has 4 nitrogen and oxygen atoms in total. The van der Waals surface area contributed by atoms with Crippen molar-refractivity contribution in [2.24, 2.45) is 5.73 Å². The van der Waals surface area contributed by atoms with Crippen LogP contribution in [0.1, 0.15) is 38.4 Å². The van der Waals surface area contributed by atoms with Crippen molar-refractivity contribution in [3.63, 3.8) is 0 Å². The van der Waals surface area contributed by atoms with Gasteiger partial charge in [-0.3, -0.25) is 4.79 Å². The van der Waals surface area contributed by atoms with Crippen LogP contribution in [0.15, 0.2) is 24.3 Å². The van der Waals surface area contributed by atoms with Crippen LogP contribution < -0.4 is 10.5 Å². The Bertz CT molecular complexity index is 379. The Balaban J connectivity index is 2.93. The highest BCUT2D eigenvalue weighted by Crippen LogP contribution is 2.27. The lowest BCUT2D eigenvalue weighted by Gasteiger charge is -2.19. The topological polar surface area (TPSA) is 72.6 Å². The second kappa shape index (κ2) is 6.25. The molecule has 1 rings (SSSR count). The third-order valence-electron chi connectivity index (χ3n) is 2.62. The zero-order valence-electron chi connectivity index (χ0n) is 10.2. The van der Waals surface area contributed by atoms with Gasteiger partial charge in [0.05, 0.1) is 6.10 Å². The average Bonchev–Trinajstić information content (AvgIpc) is 2.35. The summed E-state index contributed by atoms with van der Waals surface area (Å²) in [5, 5.41) is 9.84. The number of para-hydroxylation sites is 1. The highest BCUT2D eigenvalue weighted by molar-refractivity contribution is 5.79. The number of carbonyl (C=O) groups excluding carboxylic acids is 1. The van der Waals surface area contributed by atoms with Gasteiger partial charge in [-0.1, -0.05) is 32.0 Å². The van der Waals surface area contributed by atoms with Crippen molar-refractivity contribution < 1.29 is 14.6 Å². The quantitative estimate of drug-likeness (QED) is 0.792. The molecule has 94 valence electrons. The number of hydrogen-bond donors (Lipinski definition) is 2. The summed E-state index contributed by atoms with van der Waals surface area (Å²) in [5.74, 6) is 0.0285. The minimum Gasteiger partial charge on any atom is -0.480 e. The van der Waals surface area contributed by atoms with Gasteiger partial charge in [0.25, 0.3) is 5.91 Å². The van der Waals surface area contributed by atoms with Crippen molar-refractivity contribution in [2.45, 2.75) is 38.9 Å². The van der Waals surface area contributed by atoms with Gasteiger partial charge in [-0.05, 0) is 18.9 Å². The van der Waals surface area contributed by atoms with Crippen LogP contribution in [0, 0.1) is 0 Å². The minimum absolute atomic E-state index is 0.492. The van der Waals surface area contributed by atoms with E-state index >= 15 is 0 Å². The molecular formula is C13H19NO3. The largest absolute Gasteiger partial charge is 0.480 e. The molecule has 0 aromatic heterocycles. The molecule has 0 aliphatic rings. The van der Waals surface area contributed by atoms with Crippen LogP contribution >= 0.6 is 0 Å². The fraction of sp³-hybridized carbons (Fsp3) is 0.462. The summed E-state index contributed by atoms with van der Waals surface area (Å²) in [5.41, 5.74) is 5.92. The van der Waals surface area contributed by atoms with Crippen molar-refractivity contribution in [2.75, 3.05) is 0 Å². The van der Waals surface area contributed by atoms with Crippen LogP contribution in [-0.2, 0) is 4.79 Å². The van der Waals surface area contributed by atoms with E-state index < -0.39 is 18.1 Å². The summed E-state index contributed by atoms with van der Waals surface area (Å²) in [6.45, 7) is 3.71. The number of benzene rings is 1. The number of amides is 1. The number of nitrogens with two attached hydrogens (primary N) is 1. The summed E-state index contributed by atoms with van der Waals surface area (Å²) in [4.78, 5) is 11.1. The molecule has 1 aromatic rings. The molecule has 0 saturated heterocycles.